The van der Waals surface area contributed by atoms with E-state index in [0.717, 1.165) is 23.1 Å². The SMILES string of the molecule is Cc1cc(C)c(C(=O)NCC(C)CCCl)c(C)c1. The van der Waals surface area contributed by atoms with E-state index in [1.807, 2.05) is 32.9 Å². The second kappa shape index (κ2) is 6.79. The van der Waals surface area contributed by atoms with Crippen LogP contribution in [0.5, 0.6) is 0 Å². The van der Waals surface area contributed by atoms with Gasteiger partial charge in [-0.3, -0.25) is 4.79 Å². The summed E-state index contributed by atoms with van der Waals surface area (Å²) in [6, 6.07) is 4.09. The molecule has 0 heterocycles. The molecule has 3 heteroatoms. The molecule has 2 nitrogen and oxygen atoms in total. The van der Waals surface area contributed by atoms with Crippen LogP contribution in [-0.2, 0) is 0 Å². The molecule has 0 aliphatic heterocycles. The number of amides is 1. The van der Waals surface area contributed by atoms with Gasteiger partial charge < -0.3 is 5.32 Å². The number of halogens is 1. The van der Waals surface area contributed by atoms with Gasteiger partial charge in [0.25, 0.3) is 5.91 Å². The Hall–Kier alpha value is -1.02. The van der Waals surface area contributed by atoms with Crippen molar-refractivity contribution in [2.75, 3.05) is 12.4 Å². The molecule has 0 fully saturated rings. The number of carbonyl (C=O) groups is 1. The van der Waals surface area contributed by atoms with Gasteiger partial charge in [0.15, 0.2) is 0 Å². The van der Waals surface area contributed by atoms with Crippen LogP contribution in [0.25, 0.3) is 0 Å². The molecule has 1 aromatic rings. The fraction of sp³-hybridized carbons (Fsp3) is 0.533. The maximum Gasteiger partial charge on any atom is 0.251 e. The van der Waals surface area contributed by atoms with Gasteiger partial charge in [0, 0.05) is 18.0 Å². The summed E-state index contributed by atoms with van der Waals surface area (Å²) in [7, 11) is 0. The topological polar surface area (TPSA) is 29.1 Å². The zero-order chi connectivity index (χ0) is 13.7. The van der Waals surface area contributed by atoms with Crippen LogP contribution in [0, 0.1) is 26.7 Å². The van der Waals surface area contributed by atoms with Gasteiger partial charge in [-0.15, -0.1) is 11.6 Å². The second-order valence-electron chi connectivity index (χ2n) is 5.07. The van der Waals surface area contributed by atoms with Crippen LogP contribution < -0.4 is 5.32 Å². The third kappa shape index (κ3) is 4.02. The van der Waals surface area contributed by atoms with Crippen molar-refractivity contribution in [3.63, 3.8) is 0 Å². The van der Waals surface area contributed by atoms with Crippen molar-refractivity contribution in [2.24, 2.45) is 5.92 Å². The van der Waals surface area contributed by atoms with E-state index >= 15 is 0 Å². The van der Waals surface area contributed by atoms with Crippen molar-refractivity contribution >= 4 is 17.5 Å². The highest BCUT2D eigenvalue weighted by atomic mass is 35.5. The number of hydrogen-bond acceptors (Lipinski definition) is 1. The van der Waals surface area contributed by atoms with Gasteiger partial charge in [-0.2, -0.15) is 0 Å². The molecule has 100 valence electrons. The lowest BCUT2D eigenvalue weighted by Gasteiger charge is -2.14. The quantitative estimate of drug-likeness (QED) is 0.812. The van der Waals surface area contributed by atoms with E-state index < -0.39 is 0 Å². The molecule has 1 unspecified atom stereocenters. The number of carbonyl (C=O) groups excluding carboxylic acids is 1. The summed E-state index contributed by atoms with van der Waals surface area (Å²) in [5.41, 5.74) is 4.07. The van der Waals surface area contributed by atoms with Crippen molar-refractivity contribution < 1.29 is 4.79 Å². The van der Waals surface area contributed by atoms with E-state index in [2.05, 4.69) is 12.2 Å². The van der Waals surface area contributed by atoms with Crippen molar-refractivity contribution in [1.82, 2.24) is 5.32 Å². The van der Waals surface area contributed by atoms with Crippen LogP contribution in [-0.4, -0.2) is 18.3 Å². The molecule has 1 atom stereocenters. The molecule has 18 heavy (non-hydrogen) atoms. The molecule has 0 radical (unpaired) electrons. The third-order valence-electron chi connectivity index (χ3n) is 3.12. The van der Waals surface area contributed by atoms with Gasteiger partial charge >= 0.3 is 0 Å². The summed E-state index contributed by atoms with van der Waals surface area (Å²) in [6.45, 7) is 8.79. The van der Waals surface area contributed by atoms with Crippen molar-refractivity contribution in [3.8, 4) is 0 Å². The molecule has 1 amide bonds. The standard InChI is InChI=1S/C15H22ClNO/c1-10(5-6-16)9-17-15(18)14-12(3)7-11(2)8-13(14)4/h7-8,10H,5-6,9H2,1-4H3,(H,17,18). The molecule has 0 aliphatic carbocycles. The van der Waals surface area contributed by atoms with E-state index in [9.17, 15) is 4.79 Å². The summed E-state index contributed by atoms with van der Waals surface area (Å²) in [5.74, 6) is 1.07. The van der Waals surface area contributed by atoms with E-state index in [4.69, 9.17) is 11.6 Å². The molecule has 0 bridgehead atoms. The number of benzene rings is 1. The summed E-state index contributed by atoms with van der Waals surface area (Å²) < 4.78 is 0. The minimum Gasteiger partial charge on any atom is -0.352 e. The number of rotatable bonds is 5. The first-order valence-corrected chi connectivity index (χ1v) is 6.91. The third-order valence-corrected chi connectivity index (χ3v) is 3.34. The lowest BCUT2D eigenvalue weighted by molar-refractivity contribution is 0.0946. The van der Waals surface area contributed by atoms with Crippen LogP contribution >= 0.6 is 11.6 Å². The van der Waals surface area contributed by atoms with Crippen molar-refractivity contribution in [1.29, 1.82) is 0 Å². The molecule has 0 saturated carbocycles. The first kappa shape index (κ1) is 15.0. The Morgan fingerprint density at radius 2 is 1.83 bits per heavy atom. The number of nitrogens with one attached hydrogen (secondary N) is 1. The Kier molecular flexibility index (Phi) is 5.67. The van der Waals surface area contributed by atoms with Crippen LogP contribution in [0.15, 0.2) is 12.1 Å². The Morgan fingerprint density at radius 1 is 1.28 bits per heavy atom. The minimum absolute atomic E-state index is 0.0198. The van der Waals surface area contributed by atoms with E-state index in [-0.39, 0.29) is 5.91 Å². The first-order valence-electron chi connectivity index (χ1n) is 6.37. The normalized spacial score (nSPS) is 12.3. The Morgan fingerprint density at radius 3 is 2.33 bits per heavy atom. The highest BCUT2D eigenvalue weighted by Gasteiger charge is 2.13. The zero-order valence-electron chi connectivity index (χ0n) is 11.6. The Bertz CT molecular complexity index is 405. The Balaban J connectivity index is 2.73. The van der Waals surface area contributed by atoms with Gasteiger partial charge in [-0.05, 0) is 44.2 Å². The van der Waals surface area contributed by atoms with Gasteiger partial charge in [-0.1, -0.05) is 24.6 Å². The molecule has 0 saturated heterocycles. The molecule has 0 aliphatic rings. The smallest absolute Gasteiger partial charge is 0.251 e. The number of hydrogen-bond donors (Lipinski definition) is 1. The summed E-state index contributed by atoms with van der Waals surface area (Å²) in [5, 5.41) is 2.99. The highest BCUT2D eigenvalue weighted by Crippen LogP contribution is 2.16. The molecule has 1 N–H and O–H groups in total. The Labute approximate surface area is 115 Å². The minimum atomic E-state index is 0.0198. The molecular weight excluding hydrogens is 246 g/mol. The highest BCUT2D eigenvalue weighted by molar-refractivity contribution is 6.17. The van der Waals surface area contributed by atoms with Gasteiger partial charge in [0.05, 0.1) is 0 Å². The van der Waals surface area contributed by atoms with Crippen LogP contribution in [0.1, 0.15) is 40.4 Å². The average molecular weight is 268 g/mol. The zero-order valence-corrected chi connectivity index (χ0v) is 12.4. The van der Waals surface area contributed by atoms with Crippen molar-refractivity contribution in [3.05, 3.63) is 34.4 Å². The summed E-state index contributed by atoms with van der Waals surface area (Å²) in [6.07, 6.45) is 0.924. The molecule has 0 spiro atoms. The molecular formula is C15H22ClNO. The maximum absolute atomic E-state index is 12.2. The molecule has 0 aromatic heterocycles. The predicted octanol–water partition coefficient (Wildman–Crippen LogP) is 3.61. The fourth-order valence-corrected chi connectivity index (χ4v) is 2.55. The summed E-state index contributed by atoms with van der Waals surface area (Å²) in [4.78, 5) is 12.2. The predicted molar refractivity (Wildman–Crippen MR) is 77.5 cm³/mol. The monoisotopic (exact) mass is 267 g/mol. The van der Waals surface area contributed by atoms with Gasteiger partial charge in [0.2, 0.25) is 0 Å². The summed E-state index contributed by atoms with van der Waals surface area (Å²) >= 11 is 5.68. The van der Waals surface area contributed by atoms with Crippen molar-refractivity contribution in [2.45, 2.75) is 34.1 Å². The first-order chi connectivity index (χ1) is 8.45. The molecule has 1 rings (SSSR count). The average Bonchev–Trinajstić information content (AvgIpc) is 2.25. The number of aryl methyl sites for hydroxylation is 3. The molecule has 1 aromatic carbocycles. The lowest BCUT2D eigenvalue weighted by Crippen LogP contribution is -2.29. The van der Waals surface area contributed by atoms with E-state index in [1.165, 1.54) is 5.56 Å². The van der Waals surface area contributed by atoms with E-state index in [0.29, 0.717) is 18.3 Å². The van der Waals surface area contributed by atoms with Crippen LogP contribution in [0.4, 0.5) is 0 Å². The second-order valence-corrected chi connectivity index (χ2v) is 5.44. The van der Waals surface area contributed by atoms with Crippen LogP contribution in [0.2, 0.25) is 0 Å². The maximum atomic E-state index is 12.2. The van der Waals surface area contributed by atoms with Gasteiger partial charge in [-0.25, -0.2) is 0 Å². The number of alkyl halides is 1. The van der Waals surface area contributed by atoms with Gasteiger partial charge in [0.1, 0.15) is 0 Å². The fourth-order valence-electron chi connectivity index (χ4n) is 2.18. The van der Waals surface area contributed by atoms with E-state index in [1.54, 1.807) is 0 Å². The van der Waals surface area contributed by atoms with Crippen LogP contribution in [0.3, 0.4) is 0 Å². The largest absolute Gasteiger partial charge is 0.352 e. The lowest BCUT2D eigenvalue weighted by atomic mass is 9.99.